The van der Waals surface area contributed by atoms with E-state index in [1.54, 1.807) is 0 Å². The lowest BCUT2D eigenvalue weighted by molar-refractivity contribution is 0.0682. The number of benzene rings is 2. The van der Waals surface area contributed by atoms with Crippen LogP contribution in [0.4, 0.5) is 0 Å². The molecular formula is C25H33Cl2NO6. The highest BCUT2D eigenvalue weighted by molar-refractivity contribution is 6.33. The average molecular weight is 514 g/mol. The molecule has 9 heteroatoms. The molecule has 0 radical (unpaired) electrons. The summed E-state index contributed by atoms with van der Waals surface area (Å²) < 4.78 is 0. The Morgan fingerprint density at radius 1 is 0.735 bits per heavy atom. The highest BCUT2D eigenvalue weighted by Gasteiger charge is 2.24. The Morgan fingerprint density at radius 3 is 1.50 bits per heavy atom. The van der Waals surface area contributed by atoms with Gasteiger partial charge in [-0.05, 0) is 41.8 Å². The number of carboxylic acids is 2. The summed E-state index contributed by atoms with van der Waals surface area (Å²) in [5, 5.41) is 38.8. The summed E-state index contributed by atoms with van der Waals surface area (Å²) in [6.45, 7) is 2.18. The van der Waals surface area contributed by atoms with Crippen LogP contribution in [0.5, 0.6) is 11.5 Å². The molecule has 0 unspecified atom stereocenters. The first kappa shape index (κ1) is 29.6. The van der Waals surface area contributed by atoms with Crippen LogP contribution in [0.15, 0.2) is 24.3 Å². The maximum atomic E-state index is 11.6. The van der Waals surface area contributed by atoms with Gasteiger partial charge < -0.3 is 26.6 Å². The normalized spacial score (nSPS) is 10.8. The standard InChI is InChI=1S/C25H30Cl2O6.H3N/c1-2-3-4-5-6-7-8-9-10-17(15-11-18(24(30)31)22(28)20(26)13-15)16-12-19(25(32)33)23(29)21(27)14-16;/h11-14,17,28-29H,2-10H2,1H3,(H,30,31)(H,32,33);1H3. The molecule has 0 aliphatic rings. The monoisotopic (exact) mass is 513 g/mol. The van der Waals surface area contributed by atoms with Crippen LogP contribution in [0.1, 0.15) is 102 Å². The Morgan fingerprint density at radius 2 is 1.12 bits per heavy atom. The molecule has 0 aromatic heterocycles. The third-order valence-corrected chi connectivity index (χ3v) is 6.36. The van der Waals surface area contributed by atoms with Gasteiger partial charge in [0.1, 0.15) is 22.6 Å². The van der Waals surface area contributed by atoms with Crippen LogP contribution in [0, 0.1) is 0 Å². The smallest absolute Gasteiger partial charge is 0.339 e. The Balaban J connectivity index is 0.00000578. The quantitative estimate of drug-likeness (QED) is 0.172. The van der Waals surface area contributed by atoms with Gasteiger partial charge in [-0.3, -0.25) is 0 Å². The molecule has 0 atom stereocenters. The van der Waals surface area contributed by atoms with E-state index in [-0.39, 0.29) is 27.3 Å². The molecule has 7 N–H and O–H groups in total. The van der Waals surface area contributed by atoms with Gasteiger partial charge in [0.25, 0.3) is 0 Å². The summed E-state index contributed by atoms with van der Waals surface area (Å²) >= 11 is 12.2. The van der Waals surface area contributed by atoms with Crippen molar-refractivity contribution in [1.29, 1.82) is 0 Å². The van der Waals surface area contributed by atoms with E-state index in [1.165, 1.54) is 49.9 Å². The van der Waals surface area contributed by atoms with Crippen molar-refractivity contribution in [2.45, 2.75) is 70.6 Å². The highest BCUT2D eigenvalue weighted by Crippen LogP contribution is 2.40. The molecule has 0 saturated carbocycles. The van der Waals surface area contributed by atoms with Crippen molar-refractivity contribution in [3.05, 3.63) is 56.6 Å². The van der Waals surface area contributed by atoms with Crippen molar-refractivity contribution in [1.82, 2.24) is 6.15 Å². The molecule has 0 fully saturated rings. The highest BCUT2D eigenvalue weighted by atomic mass is 35.5. The molecule has 0 bridgehead atoms. The predicted octanol–water partition coefficient (Wildman–Crippen LogP) is 7.63. The lowest BCUT2D eigenvalue weighted by atomic mass is 9.85. The van der Waals surface area contributed by atoms with E-state index in [9.17, 15) is 30.0 Å². The lowest BCUT2D eigenvalue weighted by Gasteiger charge is -2.21. The second-order valence-corrected chi connectivity index (χ2v) is 9.04. The number of aromatic hydroxyl groups is 2. The van der Waals surface area contributed by atoms with Gasteiger partial charge in [-0.2, -0.15) is 0 Å². The number of hydrogen-bond donors (Lipinski definition) is 5. The summed E-state index contributed by atoms with van der Waals surface area (Å²) in [6, 6.07) is 5.67. The van der Waals surface area contributed by atoms with Gasteiger partial charge in [0.2, 0.25) is 0 Å². The third kappa shape index (κ3) is 7.79. The Kier molecular flexibility index (Phi) is 12.2. The van der Waals surface area contributed by atoms with Crippen LogP contribution in [-0.4, -0.2) is 32.4 Å². The zero-order valence-electron chi connectivity index (χ0n) is 19.3. The first-order chi connectivity index (χ1) is 15.7. The summed E-state index contributed by atoms with van der Waals surface area (Å²) in [5.41, 5.74) is 0.385. The number of hydrogen-bond acceptors (Lipinski definition) is 5. The molecule has 0 amide bonds. The predicted molar refractivity (Wildman–Crippen MR) is 134 cm³/mol. The van der Waals surface area contributed by atoms with Crippen molar-refractivity contribution in [3.8, 4) is 11.5 Å². The minimum atomic E-state index is -1.32. The average Bonchev–Trinajstić information content (AvgIpc) is 2.76. The molecule has 0 heterocycles. The molecule has 7 nitrogen and oxygen atoms in total. The fraction of sp³-hybridized carbons (Fsp3) is 0.440. The van der Waals surface area contributed by atoms with Gasteiger partial charge in [-0.25, -0.2) is 9.59 Å². The number of phenols is 2. The molecule has 0 aliphatic carbocycles. The van der Waals surface area contributed by atoms with Crippen molar-refractivity contribution in [2.24, 2.45) is 0 Å². The van der Waals surface area contributed by atoms with Gasteiger partial charge in [-0.1, -0.05) is 81.5 Å². The fourth-order valence-electron chi connectivity index (χ4n) is 3.98. The largest absolute Gasteiger partial charge is 0.505 e. The van der Waals surface area contributed by atoms with Crippen LogP contribution in [0.25, 0.3) is 0 Å². The molecule has 188 valence electrons. The molecular weight excluding hydrogens is 481 g/mol. The number of rotatable bonds is 13. The number of carbonyl (C=O) groups is 2. The molecule has 2 aromatic carbocycles. The van der Waals surface area contributed by atoms with E-state index >= 15 is 0 Å². The van der Waals surface area contributed by atoms with Gasteiger partial charge in [-0.15, -0.1) is 0 Å². The molecule has 34 heavy (non-hydrogen) atoms. The maximum Gasteiger partial charge on any atom is 0.339 e. The van der Waals surface area contributed by atoms with Gasteiger partial charge in [0, 0.05) is 5.92 Å². The van der Waals surface area contributed by atoms with Gasteiger partial charge in [0.15, 0.2) is 0 Å². The van der Waals surface area contributed by atoms with Crippen LogP contribution < -0.4 is 6.15 Å². The molecule has 2 aromatic rings. The van der Waals surface area contributed by atoms with Crippen molar-refractivity contribution in [3.63, 3.8) is 0 Å². The number of halogens is 2. The molecule has 0 saturated heterocycles. The molecule has 2 rings (SSSR count). The van der Waals surface area contributed by atoms with Gasteiger partial charge in [0.05, 0.1) is 10.0 Å². The Labute approximate surface area is 209 Å². The van der Waals surface area contributed by atoms with Crippen molar-refractivity contribution >= 4 is 35.1 Å². The van der Waals surface area contributed by atoms with Gasteiger partial charge >= 0.3 is 11.9 Å². The second kappa shape index (κ2) is 14.0. The van der Waals surface area contributed by atoms with E-state index in [2.05, 4.69) is 6.92 Å². The third-order valence-electron chi connectivity index (χ3n) is 5.78. The lowest BCUT2D eigenvalue weighted by Crippen LogP contribution is -2.07. The van der Waals surface area contributed by atoms with Crippen molar-refractivity contribution in [2.75, 3.05) is 0 Å². The number of aromatic carboxylic acids is 2. The molecule has 0 aliphatic heterocycles. The minimum Gasteiger partial charge on any atom is -0.505 e. The van der Waals surface area contributed by atoms with Crippen LogP contribution in [0.3, 0.4) is 0 Å². The van der Waals surface area contributed by atoms with E-state index in [1.807, 2.05) is 0 Å². The summed E-state index contributed by atoms with van der Waals surface area (Å²) in [5.74, 6) is -4.10. The second-order valence-electron chi connectivity index (χ2n) is 8.22. The number of unbranched alkanes of at least 4 members (excludes halogenated alkanes) is 7. The SMILES string of the molecule is CCCCCCCCCCC(c1cc(Cl)c(O)c(C(=O)O)c1)c1cc(Cl)c(O)c(C(=O)O)c1.N. The maximum absolute atomic E-state index is 11.6. The first-order valence-electron chi connectivity index (χ1n) is 11.2. The van der Waals surface area contributed by atoms with E-state index < -0.39 is 29.4 Å². The van der Waals surface area contributed by atoms with Crippen LogP contribution in [0.2, 0.25) is 10.0 Å². The topological polar surface area (TPSA) is 150 Å². The summed E-state index contributed by atoms with van der Waals surface area (Å²) in [7, 11) is 0. The zero-order valence-corrected chi connectivity index (χ0v) is 20.8. The first-order valence-corrected chi connectivity index (χ1v) is 11.9. The van der Waals surface area contributed by atoms with Crippen LogP contribution in [-0.2, 0) is 0 Å². The summed E-state index contributed by atoms with van der Waals surface area (Å²) in [4.78, 5) is 23.2. The number of carboxylic acid groups (broad SMARTS) is 2. The fourth-order valence-corrected chi connectivity index (χ4v) is 4.43. The zero-order chi connectivity index (χ0) is 24.5. The Hall–Kier alpha value is -2.48. The van der Waals surface area contributed by atoms with Crippen molar-refractivity contribution < 1.29 is 30.0 Å². The van der Waals surface area contributed by atoms with Crippen LogP contribution >= 0.6 is 23.2 Å². The van der Waals surface area contributed by atoms with E-state index in [4.69, 9.17) is 23.2 Å². The minimum absolute atomic E-state index is 0. The van der Waals surface area contributed by atoms with E-state index in [0.717, 1.165) is 25.7 Å². The summed E-state index contributed by atoms with van der Waals surface area (Å²) in [6.07, 6.45) is 9.46. The van der Waals surface area contributed by atoms with E-state index in [0.29, 0.717) is 17.5 Å². The Bertz CT molecular complexity index is 926. The molecule has 0 spiro atoms.